The summed E-state index contributed by atoms with van der Waals surface area (Å²) in [5, 5.41) is 25.3. The normalized spacial score (nSPS) is 10.1. The number of rotatable bonds is 2. The lowest BCUT2D eigenvalue weighted by Crippen LogP contribution is -2.20. The first-order chi connectivity index (χ1) is 9.45. The van der Waals surface area contributed by atoms with E-state index in [-0.39, 0.29) is 11.5 Å². The lowest BCUT2D eigenvalue weighted by Gasteiger charge is -2.14. The molecule has 0 amide bonds. The highest BCUT2D eigenvalue weighted by Crippen LogP contribution is 2.22. The van der Waals surface area contributed by atoms with E-state index in [0.29, 0.717) is 5.11 Å². The molecule has 4 N–H and O–H groups in total. The quantitative estimate of drug-likeness (QED) is 0.503. The zero-order valence-corrected chi connectivity index (χ0v) is 12.1. The monoisotopic (exact) mass is 288 g/mol. The lowest BCUT2D eigenvalue weighted by atomic mass is 10.2. The molecule has 0 aromatic heterocycles. The van der Waals surface area contributed by atoms with Crippen LogP contribution in [0.25, 0.3) is 0 Å². The highest BCUT2D eigenvalue weighted by Gasteiger charge is 2.05. The van der Waals surface area contributed by atoms with E-state index in [0.717, 1.165) is 22.5 Å². The van der Waals surface area contributed by atoms with Crippen molar-refractivity contribution in [3.05, 3.63) is 47.5 Å². The number of nitrogens with one attached hydrogen (secondary N) is 2. The highest BCUT2D eigenvalue weighted by molar-refractivity contribution is 7.80. The number of aryl methyl sites for hydroxylation is 2. The van der Waals surface area contributed by atoms with Gasteiger partial charge in [-0.25, -0.2) is 0 Å². The summed E-state index contributed by atoms with van der Waals surface area (Å²) in [7, 11) is 0. The van der Waals surface area contributed by atoms with E-state index in [2.05, 4.69) is 10.6 Å². The maximum atomic E-state index is 9.37. The Morgan fingerprint density at radius 3 is 1.60 bits per heavy atom. The molecular formula is C15H16N2O2S. The van der Waals surface area contributed by atoms with Crippen LogP contribution in [0.4, 0.5) is 11.4 Å². The van der Waals surface area contributed by atoms with Crippen molar-refractivity contribution in [1.29, 1.82) is 0 Å². The number of phenols is 2. The van der Waals surface area contributed by atoms with Crippen LogP contribution in [-0.4, -0.2) is 15.3 Å². The van der Waals surface area contributed by atoms with Crippen LogP contribution in [0.15, 0.2) is 36.4 Å². The molecule has 0 unspecified atom stereocenters. The van der Waals surface area contributed by atoms with Crippen LogP contribution >= 0.6 is 12.2 Å². The Balaban J connectivity index is 2.09. The molecule has 20 heavy (non-hydrogen) atoms. The second-order valence-corrected chi connectivity index (χ2v) is 4.99. The van der Waals surface area contributed by atoms with Gasteiger partial charge in [-0.1, -0.05) is 0 Å². The predicted molar refractivity (Wildman–Crippen MR) is 85.5 cm³/mol. The van der Waals surface area contributed by atoms with E-state index >= 15 is 0 Å². The molecule has 0 aliphatic rings. The first-order valence-corrected chi connectivity index (χ1v) is 6.54. The molecule has 0 aliphatic heterocycles. The van der Waals surface area contributed by atoms with Crippen LogP contribution in [0.3, 0.4) is 0 Å². The number of anilines is 2. The molecule has 0 saturated heterocycles. The van der Waals surface area contributed by atoms with Crippen LogP contribution in [0.2, 0.25) is 0 Å². The maximum Gasteiger partial charge on any atom is 0.175 e. The minimum Gasteiger partial charge on any atom is -0.508 e. The van der Waals surface area contributed by atoms with E-state index in [4.69, 9.17) is 12.2 Å². The molecule has 0 fully saturated rings. The van der Waals surface area contributed by atoms with Crippen molar-refractivity contribution in [2.75, 3.05) is 10.6 Å². The van der Waals surface area contributed by atoms with Gasteiger partial charge in [-0.05, 0) is 73.6 Å². The summed E-state index contributed by atoms with van der Waals surface area (Å²) in [5.41, 5.74) is 3.46. The van der Waals surface area contributed by atoms with Gasteiger partial charge >= 0.3 is 0 Å². The fraction of sp³-hybridized carbons (Fsp3) is 0.133. The molecule has 0 spiro atoms. The van der Waals surface area contributed by atoms with Gasteiger partial charge in [0, 0.05) is 11.4 Å². The standard InChI is InChI=1S/C15H16N2O2S/c1-9-7-11(18)3-5-13(9)16-15(20)17-14-6-4-12(19)8-10(14)2/h3-8,18-19H,1-2H3,(H2,16,17,20). The first kappa shape index (κ1) is 14.1. The second-order valence-electron chi connectivity index (χ2n) is 4.58. The molecule has 2 rings (SSSR count). The van der Waals surface area contributed by atoms with Gasteiger partial charge in [0.2, 0.25) is 0 Å². The molecule has 2 aromatic carbocycles. The molecule has 104 valence electrons. The van der Waals surface area contributed by atoms with Crippen LogP contribution < -0.4 is 10.6 Å². The number of phenolic OH excluding ortho intramolecular Hbond substituents is 2. The molecule has 5 heteroatoms. The van der Waals surface area contributed by atoms with Crippen molar-refractivity contribution < 1.29 is 10.2 Å². The van der Waals surface area contributed by atoms with Gasteiger partial charge in [0.25, 0.3) is 0 Å². The topological polar surface area (TPSA) is 64.5 Å². The molecule has 0 heterocycles. The largest absolute Gasteiger partial charge is 0.508 e. The smallest absolute Gasteiger partial charge is 0.175 e. The zero-order valence-electron chi connectivity index (χ0n) is 11.3. The fourth-order valence-electron chi connectivity index (χ4n) is 1.85. The minimum absolute atomic E-state index is 0.223. The summed E-state index contributed by atoms with van der Waals surface area (Å²) in [6, 6.07) is 10.1. The van der Waals surface area contributed by atoms with E-state index < -0.39 is 0 Å². The number of hydrogen-bond donors (Lipinski definition) is 4. The Bertz CT molecular complexity index is 601. The summed E-state index contributed by atoms with van der Waals surface area (Å²) >= 11 is 5.26. The number of aromatic hydroxyl groups is 2. The highest BCUT2D eigenvalue weighted by atomic mass is 32.1. The van der Waals surface area contributed by atoms with Gasteiger partial charge < -0.3 is 20.8 Å². The molecule has 4 nitrogen and oxygen atoms in total. The van der Waals surface area contributed by atoms with Crippen molar-refractivity contribution in [2.45, 2.75) is 13.8 Å². The van der Waals surface area contributed by atoms with Gasteiger partial charge in [0.15, 0.2) is 5.11 Å². The molecule has 0 saturated carbocycles. The lowest BCUT2D eigenvalue weighted by molar-refractivity contribution is 0.474. The molecule has 0 aliphatic carbocycles. The predicted octanol–water partition coefficient (Wildman–Crippen LogP) is 3.52. The van der Waals surface area contributed by atoms with Crippen LogP contribution in [-0.2, 0) is 0 Å². The van der Waals surface area contributed by atoms with Gasteiger partial charge in [-0.2, -0.15) is 0 Å². The van der Waals surface area contributed by atoms with Gasteiger partial charge in [-0.3, -0.25) is 0 Å². The summed E-state index contributed by atoms with van der Waals surface area (Å²) in [4.78, 5) is 0. The SMILES string of the molecule is Cc1cc(O)ccc1NC(=S)Nc1ccc(O)cc1C. The van der Waals surface area contributed by atoms with Crippen LogP contribution in [0.5, 0.6) is 11.5 Å². The number of thiocarbonyl (C=S) groups is 1. The van der Waals surface area contributed by atoms with E-state index in [1.165, 1.54) is 0 Å². The maximum absolute atomic E-state index is 9.37. The summed E-state index contributed by atoms with van der Waals surface area (Å²) in [6.45, 7) is 3.77. The van der Waals surface area contributed by atoms with Gasteiger partial charge in [0.1, 0.15) is 11.5 Å². The Morgan fingerprint density at radius 1 is 0.850 bits per heavy atom. The summed E-state index contributed by atoms with van der Waals surface area (Å²) in [6.07, 6.45) is 0. The Hall–Kier alpha value is -2.27. The zero-order chi connectivity index (χ0) is 14.7. The first-order valence-electron chi connectivity index (χ1n) is 6.13. The third-order valence-corrected chi connectivity index (χ3v) is 3.12. The van der Waals surface area contributed by atoms with E-state index in [1.807, 2.05) is 13.8 Å². The number of benzene rings is 2. The van der Waals surface area contributed by atoms with Crippen LogP contribution in [0.1, 0.15) is 11.1 Å². The van der Waals surface area contributed by atoms with Crippen molar-refractivity contribution >= 4 is 28.7 Å². The van der Waals surface area contributed by atoms with Crippen LogP contribution in [0, 0.1) is 13.8 Å². The summed E-state index contributed by atoms with van der Waals surface area (Å²) in [5.74, 6) is 0.447. The Kier molecular flexibility index (Phi) is 4.10. The fourth-order valence-corrected chi connectivity index (χ4v) is 2.07. The average molecular weight is 288 g/mol. The summed E-state index contributed by atoms with van der Waals surface area (Å²) < 4.78 is 0. The molecule has 0 bridgehead atoms. The van der Waals surface area contributed by atoms with Crippen molar-refractivity contribution in [3.8, 4) is 11.5 Å². The van der Waals surface area contributed by atoms with Crippen molar-refractivity contribution in [1.82, 2.24) is 0 Å². The molecular weight excluding hydrogens is 272 g/mol. The number of hydrogen-bond acceptors (Lipinski definition) is 3. The van der Waals surface area contributed by atoms with Gasteiger partial charge in [0.05, 0.1) is 0 Å². The average Bonchev–Trinajstić information content (AvgIpc) is 2.36. The second kappa shape index (κ2) is 5.79. The van der Waals surface area contributed by atoms with Crippen molar-refractivity contribution in [2.24, 2.45) is 0 Å². The third kappa shape index (κ3) is 3.39. The van der Waals surface area contributed by atoms with Gasteiger partial charge in [-0.15, -0.1) is 0 Å². The van der Waals surface area contributed by atoms with E-state index in [9.17, 15) is 10.2 Å². The minimum atomic E-state index is 0.223. The van der Waals surface area contributed by atoms with E-state index in [1.54, 1.807) is 36.4 Å². The molecule has 2 aromatic rings. The molecule has 0 atom stereocenters. The third-order valence-electron chi connectivity index (χ3n) is 2.92. The van der Waals surface area contributed by atoms with Crippen molar-refractivity contribution in [3.63, 3.8) is 0 Å². The Morgan fingerprint density at radius 2 is 1.25 bits per heavy atom. The Labute approximate surface area is 123 Å². The molecule has 0 radical (unpaired) electrons.